The molecule has 0 amide bonds. The highest BCUT2D eigenvalue weighted by molar-refractivity contribution is 6.30. The van der Waals surface area contributed by atoms with Crippen LogP contribution in [0.25, 0.3) is 10.9 Å². The van der Waals surface area contributed by atoms with Gasteiger partial charge in [-0.3, -0.25) is 4.79 Å². The van der Waals surface area contributed by atoms with E-state index in [-0.39, 0.29) is 11.9 Å². The number of esters is 1. The second-order valence-corrected chi connectivity index (χ2v) is 8.22. The molecule has 0 saturated heterocycles. The number of ether oxygens (including phenoxy) is 2. The van der Waals surface area contributed by atoms with Crippen LogP contribution >= 0.6 is 11.6 Å². The lowest BCUT2D eigenvalue weighted by atomic mass is 9.84. The number of hydrogen-bond donors (Lipinski definition) is 0. The number of fused-ring (bicyclic) bond motifs is 3. The second-order valence-electron chi connectivity index (χ2n) is 7.79. The van der Waals surface area contributed by atoms with Crippen molar-refractivity contribution >= 4 is 28.5 Å². The number of methoxy groups -OCH3 is 2. The van der Waals surface area contributed by atoms with Crippen LogP contribution in [0.3, 0.4) is 0 Å². The van der Waals surface area contributed by atoms with Crippen LogP contribution in [0, 0.1) is 6.92 Å². The summed E-state index contributed by atoms with van der Waals surface area (Å²) in [7, 11) is 3.17. The van der Waals surface area contributed by atoms with Crippen molar-refractivity contribution in [2.45, 2.75) is 45.1 Å². The number of nitrogens with zero attached hydrogens (tertiary/aromatic N) is 1. The minimum atomic E-state index is -0.152. The van der Waals surface area contributed by atoms with Gasteiger partial charge in [0.1, 0.15) is 5.75 Å². The lowest BCUT2D eigenvalue weighted by Crippen LogP contribution is -2.18. The molecule has 1 heterocycles. The predicted octanol–water partition coefficient (Wildman–Crippen LogP) is 5.64. The Balaban J connectivity index is 1.92. The molecule has 29 heavy (non-hydrogen) atoms. The summed E-state index contributed by atoms with van der Waals surface area (Å²) in [5, 5.41) is 1.97. The van der Waals surface area contributed by atoms with Gasteiger partial charge >= 0.3 is 5.97 Å². The van der Waals surface area contributed by atoms with E-state index in [1.165, 1.54) is 40.4 Å². The maximum atomic E-state index is 12.1. The number of aryl methyl sites for hydroxylation is 2. The maximum Gasteiger partial charge on any atom is 0.306 e. The van der Waals surface area contributed by atoms with Gasteiger partial charge in [-0.2, -0.15) is 0 Å². The van der Waals surface area contributed by atoms with Crippen LogP contribution in [-0.4, -0.2) is 24.8 Å². The molecule has 3 aromatic rings. The van der Waals surface area contributed by atoms with Crippen LogP contribution in [-0.2, 0) is 22.5 Å². The third-order valence-electron chi connectivity index (χ3n) is 5.97. The summed E-state index contributed by atoms with van der Waals surface area (Å²) >= 11 is 6.09. The molecule has 0 fully saturated rings. The van der Waals surface area contributed by atoms with E-state index in [4.69, 9.17) is 21.1 Å². The standard InChI is InChI=1S/C24H26ClNO3/c1-15-11-19(28-2)13-21-20-6-4-5-17(12-22(27)29-3)24(20)26(23(15)21)14-16-7-9-18(25)10-8-16/h7-11,13,17H,4-6,12,14H2,1-3H3. The van der Waals surface area contributed by atoms with Crippen molar-refractivity contribution in [1.29, 1.82) is 0 Å². The average Bonchev–Trinajstić information content (AvgIpc) is 3.04. The molecule has 2 aromatic carbocycles. The van der Waals surface area contributed by atoms with E-state index < -0.39 is 0 Å². The zero-order chi connectivity index (χ0) is 20.5. The topological polar surface area (TPSA) is 40.5 Å². The molecule has 1 aliphatic carbocycles. The number of benzene rings is 2. The normalized spacial score (nSPS) is 15.9. The molecule has 4 nitrogen and oxygen atoms in total. The molecule has 152 valence electrons. The molecular formula is C24H26ClNO3. The van der Waals surface area contributed by atoms with Gasteiger partial charge in [0.05, 0.1) is 26.2 Å². The number of carbonyl (C=O) groups excluding carboxylic acids is 1. The van der Waals surface area contributed by atoms with E-state index in [1.807, 2.05) is 12.1 Å². The van der Waals surface area contributed by atoms with Gasteiger partial charge in [-0.05, 0) is 67.1 Å². The van der Waals surface area contributed by atoms with Gasteiger partial charge in [0.25, 0.3) is 0 Å². The average molecular weight is 412 g/mol. The Morgan fingerprint density at radius 1 is 1.21 bits per heavy atom. The number of aromatic nitrogens is 1. The number of halogens is 1. The zero-order valence-corrected chi connectivity index (χ0v) is 17.9. The minimum Gasteiger partial charge on any atom is -0.497 e. The molecule has 0 aliphatic heterocycles. The molecule has 1 unspecified atom stereocenters. The van der Waals surface area contributed by atoms with Crippen LogP contribution < -0.4 is 4.74 Å². The largest absolute Gasteiger partial charge is 0.497 e. The zero-order valence-electron chi connectivity index (χ0n) is 17.1. The SMILES string of the molecule is COC(=O)CC1CCCc2c1n(Cc1ccc(Cl)cc1)c1c(C)cc(OC)cc21. The predicted molar refractivity (Wildman–Crippen MR) is 116 cm³/mol. The van der Waals surface area contributed by atoms with Gasteiger partial charge in [0.15, 0.2) is 0 Å². The fraction of sp³-hybridized carbons (Fsp3) is 0.375. The fourth-order valence-corrected chi connectivity index (χ4v) is 4.81. The highest BCUT2D eigenvalue weighted by Gasteiger charge is 2.30. The van der Waals surface area contributed by atoms with Crippen molar-refractivity contribution in [1.82, 2.24) is 4.57 Å². The fourth-order valence-electron chi connectivity index (χ4n) is 4.69. The Morgan fingerprint density at radius 3 is 2.66 bits per heavy atom. The van der Waals surface area contributed by atoms with Crippen LogP contribution in [0.5, 0.6) is 5.75 Å². The molecule has 0 radical (unpaired) electrons. The van der Waals surface area contributed by atoms with Crippen molar-refractivity contribution in [2.75, 3.05) is 14.2 Å². The molecule has 4 rings (SSSR count). The van der Waals surface area contributed by atoms with Crippen molar-refractivity contribution in [3.63, 3.8) is 0 Å². The summed E-state index contributed by atoms with van der Waals surface area (Å²) < 4.78 is 12.9. The Bertz CT molecular complexity index is 1050. The summed E-state index contributed by atoms with van der Waals surface area (Å²) in [5.41, 5.74) is 6.20. The molecular weight excluding hydrogens is 386 g/mol. The van der Waals surface area contributed by atoms with Crippen LogP contribution in [0.1, 0.15) is 47.6 Å². The lowest BCUT2D eigenvalue weighted by molar-refractivity contribution is -0.141. The number of carbonyl (C=O) groups is 1. The first-order valence-electron chi connectivity index (χ1n) is 10.0. The molecule has 5 heteroatoms. The number of hydrogen-bond acceptors (Lipinski definition) is 3. The lowest BCUT2D eigenvalue weighted by Gasteiger charge is -2.25. The van der Waals surface area contributed by atoms with Crippen molar-refractivity contribution in [2.24, 2.45) is 0 Å². The Morgan fingerprint density at radius 2 is 1.97 bits per heavy atom. The monoisotopic (exact) mass is 411 g/mol. The van der Waals surface area contributed by atoms with Crippen molar-refractivity contribution in [3.05, 3.63) is 63.8 Å². The van der Waals surface area contributed by atoms with E-state index in [0.29, 0.717) is 6.42 Å². The summed E-state index contributed by atoms with van der Waals surface area (Å²) in [6, 6.07) is 12.2. The van der Waals surface area contributed by atoms with E-state index in [9.17, 15) is 4.79 Å². The Hall–Kier alpha value is -2.46. The van der Waals surface area contributed by atoms with Crippen LogP contribution in [0.2, 0.25) is 5.02 Å². The van der Waals surface area contributed by atoms with E-state index in [1.54, 1.807) is 7.11 Å². The van der Waals surface area contributed by atoms with Gasteiger partial charge in [0, 0.05) is 28.6 Å². The van der Waals surface area contributed by atoms with Gasteiger partial charge in [0.2, 0.25) is 0 Å². The van der Waals surface area contributed by atoms with Crippen molar-refractivity contribution in [3.8, 4) is 5.75 Å². The molecule has 0 spiro atoms. The smallest absolute Gasteiger partial charge is 0.306 e. The summed E-state index contributed by atoms with van der Waals surface area (Å²) in [6.45, 7) is 2.87. The molecule has 1 aliphatic rings. The first kappa shape index (κ1) is 19.8. The van der Waals surface area contributed by atoms with E-state index >= 15 is 0 Å². The Kier molecular flexibility index (Phi) is 5.55. The van der Waals surface area contributed by atoms with Crippen LogP contribution in [0.15, 0.2) is 36.4 Å². The Labute approximate surface area is 176 Å². The van der Waals surface area contributed by atoms with Gasteiger partial charge in [-0.1, -0.05) is 23.7 Å². The van der Waals surface area contributed by atoms with Crippen molar-refractivity contribution < 1.29 is 14.3 Å². The van der Waals surface area contributed by atoms with Gasteiger partial charge < -0.3 is 14.0 Å². The third kappa shape index (κ3) is 3.74. The summed E-state index contributed by atoms with van der Waals surface area (Å²) in [6.07, 6.45) is 3.50. The maximum absolute atomic E-state index is 12.1. The third-order valence-corrected chi connectivity index (χ3v) is 6.22. The first-order chi connectivity index (χ1) is 14.0. The number of rotatable bonds is 5. The molecule has 0 N–H and O–H groups in total. The summed E-state index contributed by atoms with van der Waals surface area (Å²) in [5.74, 6) is 0.883. The summed E-state index contributed by atoms with van der Waals surface area (Å²) in [4.78, 5) is 12.1. The molecule has 0 saturated carbocycles. The molecule has 1 atom stereocenters. The second kappa shape index (κ2) is 8.11. The molecule has 0 bridgehead atoms. The quantitative estimate of drug-likeness (QED) is 0.510. The minimum absolute atomic E-state index is 0.152. The first-order valence-corrected chi connectivity index (χ1v) is 10.4. The van der Waals surface area contributed by atoms with Gasteiger partial charge in [-0.15, -0.1) is 0 Å². The van der Waals surface area contributed by atoms with Crippen LogP contribution in [0.4, 0.5) is 0 Å². The molecule has 1 aromatic heterocycles. The van der Waals surface area contributed by atoms with Gasteiger partial charge in [-0.25, -0.2) is 0 Å². The van der Waals surface area contributed by atoms with E-state index in [2.05, 4.69) is 35.8 Å². The highest BCUT2D eigenvalue weighted by Crippen LogP contribution is 2.42. The van der Waals surface area contributed by atoms with E-state index in [0.717, 1.165) is 36.6 Å². The highest BCUT2D eigenvalue weighted by atomic mass is 35.5.